The van der Waals surface area contributed by atoms with Crippen LogP contribution in [0.15, 0.2) is 11.9 Å². The minimum Gasteiger partial charge on any atom is -0.476 e. The second-order valence-electron chi connectivity index (χ2n) is 3.95. The van der Waals surface area contributed by atoms with Crippen molar-refractivity contribution in [2.75, 3.05) is 0 Å². The predicted molar refractivity (Wildman–Crippen MR) is 52.6 cm³/mol. The van der Waals surface area contributed by atoms with Crippen molar-refractivity contribution in [3.8, 4) is 0 Å². The zero-order valence-corrected chi connectivity index (χ0v) is 8.34. The number of halogens is 1. The van der Waals surface area contributed by atoms with Crippen LogP contribution >= 0.6 is 0 Å². The van der Waals surface area contributed by atoms with Gasteiger partial charge in [0.15, 0.2) is 0 Å². The third kappa shape index (κ3) is 3.90. The molecule has 1 fully saturated rings. The van der Waals surface area contributed by atoms with E-state index in [9.17, 15) is 9.18 Å². The van der Waals surface area contributed by atoms with Crippen LogP contribution in [-0.4, -0.2) is 11.1 Å². The van der Waals surface area contributed by atoms with Crippen LogP contribution in [-0.2, 0) is 4.79 Å². The lowest BCUT2D eigenvalue weighted by molar-refractivity contribution is -0.134. The highest BCUT2D eigenvalue weighted by Gasteiger charge is 2.12. The Labute approximate surface area is 83.8 Å². The first-order chi connectivity index (χ1) is 6.70. The van der Waals surface area contributed by atoms with Gasteiger partial charge in [-0.15, -0.1) is 0 Å². The van der Waals surface area contributed by atoms with E-state index < -0.39 is 11.8 Å². The fourth-order valence-corrected chi connectivity index (χ4v) is 1.96. The van der Waals surface area contributed by atoms with E-state index in [4.69, 9.17) is 5.11 Å². The van der Waals surface area contributed by atoms with Crippen LogP contribution in [0.2, 0.25) is 0 Å². The number of allylic oxidation sites excluding steroid dienone is 1. The van der Waals surface area contributed by atoms with Gasteiger partial charge in [-0.25, -0.2) is 4.79 Å². The zero-order chi connectivity index (χ0) is 10.4. The number of aliphatic carboxylic acids is 1. The van der Waals surface area contributed by atoms with Gasteiger partial charge in [-0.2, -0.15) is 4.39 Å². The van der Waals surface area contributed by atoms with Crippen molar-refractivity contribution in [1.82, 2.24) is 0 Å². The average Bonchev–Trinajstić information content (AvgIpc) is 2.42. The van der Waals surface area contributed by atoms with E-state index >= 15 is 0 Å². The summed E-state index contributed by atoms with van der Waals surface area (Å²) in [5.74, 6) is -1.96. The number of carboxylic acids is 1. The molecule has 0 atom stereocenters. The van der Waals surface area contributed by atoms with Crippen LogP contribution in [0, 0.1) is 5.92 Å². The highest BCUT2D eigenvalue weighted by Crippen LogP contribution is 2.26. The molecule has 0 unspecified atom stereocenters. The first-order valence-corrected chi connectivity index (χ1v) is 5.29. The summed E-state index contributed by atoms with van der Waals surface area (Å²) < 4.78 is 12.6. The summed E-state index contributed by atoms with van der Waals surface area (Å²) in [6.45, 7) is 0. The van der Waals surface area contributed by atoms with E-state index in [1.807, 2.05) is 0 Å². The molecule has 0 amide bonds. The monoisotopic (exact) mass is 200 g/mol. The predicted octanol–water partition coefficient (Wildman–Crippen LogP) is 3.28. The zero-order valence-electron chi connectivity index (χ0n) is 8.34. The Morgan fingerprint density at radius 1 is 1.29 bits per heavy atom. The molecule has 0 bridgehead atoms. The van der Waals surface area contributed by atoms with Gasteiger partial charge in [0.2, 0.25) is 5.83 Å². The maximum atomic E-state index is 12.6. The van der Waals surface area contributed by atoms with Crippen molar-refractivity contribution in [2.24, 2.45) is 5.92 Å². The van der Waals surface area contributed by atoms with Gasteiger partial charge in [0.1, 0.15) is 0 Å². The third-order valence-electron chi connectivity index (χ3n) is 2.81. The third-order valence-corrected chi connectivity index (χ3v) is 2.81. The quantitative estimate of drug-likeness (QED) is 0.560. The minimum absolute atomic E-state index is 0.489. The number of hydrogen-bond acceptors (Lipinski definition) is 1. The van der Waals surface area contributed by atoms with E-state index in [1.165, 1.54) is 31.8 Å². The maximum absolute atomic E-state index is 12.6. The highest BCUT2D eigenvalue weighted by molar-refractivity contribution is 5.83. The summed E-state index contributed by atoms with van der Waals surface area (Å²) in [4.78, 5) is 10.2. The molecule has 1 aliphatic rings. The van der Waals surface area contributed by atoms with Crippen molar-refractivity contribution in [3.63, 3.8) is 0 Å². The molecule has 3 heteroatoms. The molecular formula is C11H17FO2. The largest absolute Gasteiger partial charge is 0.476 e. The topological polar surface area (TPSA) is 37.3 Å². The molecule has 0 radical (unpaired) electrons. The van der Waals surface area contributed by atoms with Gasteiger partial charge >= 0.3 is 5.97 Å². The van der Waals surface area contributed by atoms with Gasteiger partial charge in [-0.05, 0) is 18.4 Å². The minimum atomic E-state index is -1.45. The van der Waals surface area contributed by atoms with Crippen LogP contribution in [0.25, 0.3) is 0 Å². The Kier molecular flexibility index (Phi) is 4.63. The van der Waals surface area contributed by atoms with E-state index in [0.717, 1.165) is 12.8 Å². The fraction of sp³-hybridized carbons (Fsp3) is 0.727. The van der Waals surface area contributed by atoms with Gasteiger partial charge in [0.05, 0.1) is 0 Å². The van der Waals surface area contributed by atoms with Crippen molar-refractivity contribution in [2.45, 2.75) is 44.9 Å². The fourth-order valence-electron chi connectivity index (χ4n) is 1.96. The number of hydrogen-bond donors (Lipinski definition) is 1. The molecule has 14 heavy (non-hydrogen) atoms. The smallest absolute Gasteiger partial charge is 0.364 e. The van der Waals surface area contributed by atoms with Crippen LogP contribution in [0.4, 0.5) is 4.39 Å². The lowest BCUT2D eigenvalue weighted by Gasteiger charge is -2.09. The summed E-state index contributed by atoms with van der Waals surface area (Å²) in [6.07, 6.45) is 8.97. The Morgan fingerprint density at radius 2 is 1.86 bits per heavy atom. The van der Waals surface area contributed by atoms with Crippen molar-refractivity contribution in [1.29, 1.82) is 0 Å². The number of carbonyl (C=O) groups is 1. The molecule has 80 valence electrons. The lowest BCUT2D eigenvalue weighted by Crippen LogP contribution is -1.99. The van der Waals surface area contributed by atoms with E-state index in [-0.39, 0.29) is 0 Å². The van der Waals surface area contributed by atoms with E-state index in [1.54, 1.807) is 0 Å². The molecule has 0 aromatic carbocycles. The lowest BCUT2D eigenvalue weighted by atomic mass is 9.96. The van der Waals surface area contributed by atoms with Crippen LogP contribution in [0.5, 0.6) is 0 Å². The van der Waals surface area contributed by atoms with Crippen molar-refractivity contribution >= 4 is 5.97 Å². The van der Waals surface area contributed by atoms with Crippen molar-refractivity contribution < 1.29 is 14.3 Å². The molecule has 0 aromatic heterocycles. The molecule has 0 aliphatic heterocycles. The Balaban J connectivity index is 2.35. The first-order valence-electron chi connectivity index (χ1n) is 5.29. The normalized spacial score (nSPS) is 20.5. The van der Waals surface area contributed by atoms with E-state index in [2.05, 4.69) is 0 Å². The van der Waals surface area contributed by atoms with Gasteiger partial charge in [-0.1, -0.05) is 38.5 Å². The van der Waals surface area contributed by atoms with Gasteiger partial charge < -0.3 is 5.11 Å². The Hall–Kier alpha value is -0.860. The highest BCUT2D eigenvalue weighted by atomic mass is 19.1. The molecule has 1 rings (SSSR count). The van der Waals surface area contributed by atoms with Crippen LogP contribution < -0.4 is 0 Å². The molecule has 0 heterocycles. The van der Waals surface area contributed by atoms with Gasteiger partial charge in [0, 0.05) is 0 Å². The average molecular weight is 200 g/mol. The second-order valence-corrected chi connectivity index (χ2v) is 3.95. The van der Waals surface area contributed by atoms with Crippen LogP contribution in [0.1, 0.15) is 44.9 Å². The molecule has 0 saturated heterocycles. The number of rotatable bonds is 3. The Bertz CT molecular complexity index is 215. The number of carboxylic acid groups (broad SMARTS) is 1. The molecule has 1 aliphatic carbocycles. The SMILES string of the molecule is O=C(O)/C(F)=C/CC1CCCCCC1. The summed E-state index contributed by atoms with van der Waals surface area (Å²) in [6, 6.07) is 0. The standard InChI is InChI=1S/C11H17FO2/c12-10(11(13)14)8-7-9-5-3-1-2-4-6-9/h8-9H,1-7H2,(H,13,14)/b10-8-. The summed E-state index contributed by atoms with van der Waals surface area (Å²) >= 11 is 0. The molecular weight excluding hydrogens is 183 g/mol. The molecule has 0 spiro atoms. The van der Waals surface area contributed by atoms with Gasteiger partial charge in [0.25, 0.3) is 0 Å². The summed E-state index contributed by atoms with van der Waals surface area (Å²) in [5, 5.41) is 8.32. The first kappa shape index (κ1) is 11.2. The van der Waals surface area contributed by atoms with Gasteiger partial charge in [-0.3, -0.25) is 0 Å². The maximum Gasteiger partial charge on any atom is 0.364 e. The van der Waals surface area contributed by atoms with Crippen LogP contribution in [0.3, 0.4) is 0 Å². The summed E-state index contributed by atoms with van der Waals surface area (Å²) in [5.41, 5.74) is 0. The van der Waals surface area contributed by atoms with E-state index in [0.29, 0.717) is 12.3 Å². The summed E-state index contributed by atoms with van der Waals surface area (Å²) in [7, 11) is 0. The van der Waals surface area contributed by atoms with Crippen molar-refractivity contribution in [3.05, 3.63) is 11.9 Å². The molecule has 1 saturated carbocycles. The molecule has 2 nitrogen and oxygen atoms in total. The molecule has 1 N–H and O–H groups in total. The Morgan fingerprint density at radius 3 is 2.36 bits per heavy atom. The molecule has 0 aromatic rings. The second kappa shape index (κ2) is 5.78.